The largest absolute Gasteiger partial charge is 0.465 e. The van der Waals surface area contributed by atoms with Gasteiger partial charge in [0.15, 0.2) is 0 Å². The van der Waals surface area contributed by atoms with Crippen LogP contribution in [0.25, 0.3) is 0 Å². The van der Waals surface area contributed by atoms with Gasteiger partial charge < -0.3 is 19.5 Å². The smallest absolute Gasteiger partial charge is 0.410 e. The van der Waals surface area contributed by atoms with E-state index in [0.717, 1.165) is 25.9 Å². The van der Waals surface area contributed by atoms with E-state index in [-0.39, 0.29) is 19.3 Å². The van der Waals surface area contributed by atoms with Gasteiger partial charge in [-0.15, -0.1) is 0 Å². The zero-order chi connectivity index (χ0) is 17.3. The molecule has 1 rings (SSSR count). The molecule has 23 heavy (non-hydrogen) atoms. The molecule has 1 aliphatic rings. The number of piperidine rings is 1. The van der Waals surface area contributed by atoms with E-state index in [1.807, 2.05) is 0 Å². The van der Waals surface area contributed by atoms with Crippen LogP contribution in [0.15, 0.2) is 0 Å². The lowest BCUT2D eigenvalue weighted by Crippen LogP contribution is -2.42. The number of nitrogens with one attached hydrogen (secondary N) is 1. The molecule has 0 unspecified atom stereocenters. The van der Waals surface area contributed by atoms with Crippen LogP contribution in [0, 0.1) is 0 Å². The molecule has 0 radical (unpaired) electrons. The molecule has 0 aromatic heterocycles. The molecule has 1 N–H and O–H groups in total. The van der Waals surface area contributed by atoms with Gasteiger partial charge in [-0.2, -0.15) is 0 Å². The molecule has 1 saturated heterocycles. The molecule has 0 aromatic rings. The summed E-state index contributed by atoms with van der Waals surface area (Å²) in [7, 11) is 0. The molecule has 0 aliphatic carbocycles. The van der Waals surface area contributed by atoms with Crippen molar-refractivity contribution in [2.75, 3.05) is 39.4 Å². The number of rotatable bonds is 7. The molecular formula is C16H30N2O5. The maximum absolute atomic E-state index is 12.2. The van der Waals surface area contributed by atoms with Crippen molar-refractivity contribution in [2.24, 2.45) is 0 Å². The van der Waals surface area contributed by atoms with Crippen molar-refractivity contribution in [3.8, 4) is 0 Å². The predicted octanol–water partition coefficient (Wildman–Crippen LogP) is 1.56. The normalized spacial score (nSPS) is 16.0. The van der Waals surface area contributed by atoms with Crippen LogP contribution in [0.1, 0.15) is 40.5 Å². The van der Waals surface area contributed by atoms with Crippen LogP contribution in [0.5, 0.6) is 0 Å². The Morgan fingerprint density at radius 1 is 1.22 bits per heavy atom. The summed E-state index contributed by atoms with van der Waals surface area (Å²) in [4.78, 5) is 25.2. The number of carbonyl (C=O) groups excluding carboxylic acids is 2. The lowest BCUT2D eigenvalue weighted by molar-refractivity contribution is -0.144. The predicted molar refractivity (Wildman–Crippen MR) is 86.3 cm³/mol. The lowest BCUT2D eigenvalue weighted by atomic mass is 10.1. The molecule has 7 nitrogen and oxygen atoms in total. The minimum atomic E-state index is -0.611. The van der Waals surface area contributed by atoms with Gasteiger partial charge in [-0.25, -0.2) is 4.79 Å². The van der Waals surface area contributed by atoms with E-state index in [4.69, 9.17) is 14.2 Å². The highest BCUT2D eigenvalue weighted by Crippen LogP contribution is 2.11. The number of esters is 1. The summed E-state index contributed by atoms with van der Waals surface area (Å²) in [6, 6.07) is 0. The van der Waals surface area contributed by atoms with Crippen molar-refractivity contribution < 1.29 is 23.8 Å². The van der Waals surface area contributed by atoms with Crippen molar-refractivity contribution in [2.45, 2.75) is 52.2 Å². The Kier molecular flexibility index (Phi) is 8.33. The van der Waals surface area contributed by atoms with E-state index < -0.39 is 17.7 Å². The van der Waals surface area contributed by atoms with Crippen LogP contribution in [0.3, 0.4) is 0 Å². The van der Waals surface area contributed by atoms with Crippen molar-refractivity contribution >= 4 is 12.1 Å². The van der Waals surface area contributed by atoms with Crippen molar-refractivity contribution in [3.63, 3.8) is 0 Å². The van der Waals surface area contributed by atoms with Crippen LogP contribution in [0.2, 0.25) is 0 Å². The van der Waals surface area contributed by atoms with Gasteiger partial charge in [-0.1, -0.05) is 0 Å². The van der Waals surface area contributed by atoms with Gasteiger partial charge in [0.25, 0.3) is 0 Å². The average Bonchev–Trinajstić information content (AvgIpc) is 2.46. The van der Waals surface area contributed by atoms with Crippen molar-refractivity contribution in [3.05, 3.63) is 0 Å². The van der Waals surface area contributed by atoms with Crippen molar-refractivity contribution in [1.82, 2.24) is 10.2 Å². The second-order valence-electron chi connectivity index (χ2n) is 6.53. The maximum atomic E-state index is 12.2. The second kappa shape index (κ2) is 9.72. The van der Waals surface area contributed by atoms with E-state index in [1.165, 1.54) is 4.90 Å². The van der Waals surface area contributed by atoms with Gasteiger partial charge in [-0.3, -0.25) is 9.69 Å². The quantitative estimate of drug-likeness (QED) is 0.714. The Bertz CT molecular complexity index is 375. The first kappa shape index (κ1) is 19.7. The SMILES string of the molecule is CCOC(=O)CN(CCOC1CCNCC1)C(=O)OC(C)(C)C. The number of nitrogens with zero attached hydrogens (tertiary/aromatic N) is 1. The summed E-state index contributed by atoms with van der Waals surface area (Å²) >= 11 is 0. The fraction of sp³-hybridized carbons (Fsp3) is 0.875. The molecule has 0 saturated carbocycles. The monoisotopic (exact) mass is 330 g/mol. The summed E-state index contributed by atoms with van der Waals surface area (Å²) in [6.07, 6.45) is 1.60. The van der Waals surface area contributed by atoms with E-state index in [9.17, 15) is 9.59 Å². The summed E-state index contributed by atoms with van der Waals surface area (Å²) in [6.45, 7) is 9.84. The van der Waals surface area contributed by atoms with Crippen LogP contribution in [-0.2, 0) is 19.0 Å². The minimum Gasteiger partial charge on any atom is -0.465 e. The Balaban J connectivity index is 2.48. The Hall–Kier alpha value is -1.34. The first-order chi connectivity index (χ1) is 10.8. The second-order valence-corrected chi connectivity index (χ2v) is 6.53. The first-order valence-electron chi connectivity index (χ1n) is 8.27. The van der Waals surface area contributed by atoms with Gasteiger partial charge >= 0.3 is 12.1 Å². The third-order valence-electron chi connectivity index (χ3n) is 3.28. The van der Waals surface area contributed by atoms with Gasteiger partial charge in [0.2, 0.25) is 0 Å². The van der Waals surface area contributed by atoms with E-state index in [2.05, 4.69) is 5.32 Å². The van der Waals surface area contributed by atoms with Crippen LogP contribution in [0.4, 0.5) is 4.79 Å². The van der Waals surface area contributed by atoms with Gasteiger partial charge in [0.1, 0.15) is 12.1 Å². The Morgan fingerprint density at radius 2 is 1.87 bits per heavy atom. The number of carbonyl (C=O) groups is 2. The summed E-state index contributed by atoms with van der Waals surface area (Å²) in [5, 5.41) is 3.27. The van der Waals surface area contributed by atoms with Gasteiger partial charge in [0, 0.05) is 6.54 Å². The third kappa shape index (κ3) is 8.76. The molecule has 0 atom stereocenters. The zero-order valence-corrected chi connectivity index (χ0v) is 14.7. The third-order valence-corrected chi connectivity index (χ3v) is 3.28. The lowest BCUT2D eigenvalue weighted by Gasteiger charge is -2.28. The highest BCUT2D eigenvalue weighted by atomic mass is 16.6. The molecule has 1 heterocycles. The highest BCUT2D eigenvalue weighted by molar-refractivity contribution is 5.78. The molecule has 0 bridgehead atoms. The molecule has 1 fully saturated rings. The Labute approximate surface area is 138 Å². The number of hydrogen-bond acceptors (Lipinski definition) is 6. The fourth-order valence-corrected chi connectivity index (χ4v) is 2.22. The van der Waals surface area contributed by atoms with E-state index in [0.29, 0.717) is 13.2 Å². The molecular weight excluding hydrogens is 300 g/mol. The first-order valence-corrected chi connectivity index (χ1v) is 8.27. The molecule has 1 amide bonds. The number of ether oxygens (including phenoxy) is 3. The van der Waals surface area contributed by atoms with Gasteiger partial charge in [-0.05, 0) is 53.6 Å². The highest BCUT2D eigenvalue weighted by Gasteiger charge is 2.24. The minimum absolute atomic E-state index is 0.127. The topological polar surface area (TPSA) is 77.1 Å². The fourth-order valence-electron chi connectivity index (χ4n) is 2.22. The van der Waals surface area contributed by atoms with Crippen molar-refractivity contribution in [1.29, 1.82) is 0 Å². The molecule has 134 valence electrons. The summed E-state index contributed by atoms with van der Waals surface area (Å²) < 4.78 is 16.0. The molecule has 0 aromatic carbocycles. The standard InChI is InChI=1S/C16H30N2O5/c1-5-21-14(19)12-18(15(20)23-16(2,3)4)10-11-22-13-6-8-17-9-7-13/h13,17H,5-12H2,1-4H3. The molecule has 0 spiro atoms. The average molecular weight is 330 g/mol. The summed E-state index contributed by atoms with van der Waals surface area (Å²) in [5.74, 6) is -0.444. The van der Waals surface area contributed by atoms with Gasteiger partial charge in [0.05, 0.1) is 19.3 Å². The number of amides is 1. The van der Waals surface area contributed by atoms with Crippen LogP contribution < -0.4 is 5.32 Å². The number of hydrogen-bond donors (Lipinski definition) is 1. The maximum Gasteiger partial charge on any atom is 0.410 e. The van der Waals surface area contributed by atoms with Crippen LogP contribution in [-0.4, -0.2) is 68.1 Å². The van der Waals surface area contributed by atoms with E-state index in [1.54, 1.807) is 27.7 Å². The zero-order valence-electron chi connectivity index (χ0n) is 14.7. The summed E-state index contributed by atoms with van der Waals surface area (Å²) in [5.41, 5.74) is -0.611. The van der Waals surface area contributed by atoms with Crippen LogP contribution >= 0.6 is 0 Å². The molecule has 1 aliphatic heterocycles. The van der Waals surface area contributed by atoms with E-state index >= 15 is 0 Å². The Morgan fingerprint density at radius 3 is 2.43 bits per heavy atom. The molecule has 7 heteroatoms.